The van der Waals surface area contributed by atoms with Crippen LogP contribution >= 0.6 is 0 Å². The van der Waals surface area contributed by atoms with Crippen LogP contribution in [0.15, 0.2) is 57.7 Å². The summed E-state index contributed by atoms with van der Waals surface area (Å²) in [5.74, 6) is -0.0417. The minimum Gasteiger partial charge on any atom is -0.408 e. The van der Waals surface area contributed by atoms with Crippen molar-refractivity contribution in [2.75, 3.05) is 26.3 Å². The van der Waals surface area contributed by atoms with Crippen LogP contribution in [0.3, 0.4) is 0 Å². The number of ether oxygens (including phenoxy) is 1. The second-order valence-corrected chi connectivity index (χ2v) is 9.39. The van der Waals surface area contributed by atoms with Crippen molar-refractivity contribution in [3.63, 3.8) is 0 Å². The third-order valence-electron chi connectivity index (χ3n) is 7.19. The van der Waals surface area contributed by atoms with Crippen LogP contribution in [-0.2, 0) is 18.2 Å². The molecule has 2 amide bonds. The van der Waals surface area contributed by atoms with Crippen molar-refractivity contribution in [3.05, 3.63) is 70.2 Å². The van der Waals surface area contributed by atoms with Crippen molar-refractivity contribution in [1.82, 2.24) is 14.8 Å². The second kappa shape index (κ2) is 9.06. The molecular formula is C26H31N3O4. The van der Waals surface area contributed by atoms with Crippen LogP contribution < -0.4 is 11.1 Å². The lowest BCUT2D eigenvalue weighted by atomic mass is 9.76. The Bertz CT molecular complexity index is 1180. The Morgan fingerprint density at radius 2 is 1.97 bits per heavy atom. The van der Waals surface area contributed by atoms with E-state index < -0.39 is 0 Å². The number of rotatable bonds is 6. The molecule has 33 heavy (non-hydrogen) atoms. The van der Waals surface area contributed by atoms with Crippen LogP contribution in [-0.4, -0.2) is 47.3 Å². The Hall–Kier alpha value is -3.06. The van der Waals surface area contributed by atoms with Crippen LogP contribution in [0.4, 0.5) is 4.79 Å². The van der Waals surface area contributed by atoms with Gasteiger partial charge < -0.3 is 19.4 Å². The zero-order valence-electron chi connectivity index (χ0n) is 19.1. The quantitative estimate of drug-likeness (QED) is 0.581. The van der Waals surface area contributed by atoms with Gasteiger partial charge in [0.1, 0.15) is 0 Å². The van der Waals surface area contributed by atoms with Gasteiger partial charge in [-0.1, -0.05) is 36.4 Å². The number of unbranched alkanes of at least 4 members (excludes halogenated alkanes) is 1. The number of carbonyl (C=O) groups excluding carboxylic acids is 1. The van der Waals surface area contributed by atoms with Crippen LogP contribution in [0, 0.1) is 0 Å². The number of aryl methyl sites for hydroxylation is 2. The Morgan fingerprint density at radius 1 is 1.15 bits per heavy atom. The molecule has 1 aromatic heterocycles. The maximum absolute atomic E-state index is 13.0. The monoisotopic (exact) mass is 449 g/mol. The minimum atomic E-state index is -0.346. The highest BCUT2D eigenvalue weighted by Gasteiger charge is 2.50. The fourth-order valence-corrected chi connectivity index (χ4v) is 5.20. The maximum atomic E-state index is 13.0. The number of amides is 2. The van der Waals surface area contributed by atoms with E-state index in [4.69, 9.17) is 9.15 Å². The standard InChI is InChI=1S/C26H31N3O4/c1-28-22-11-10-20(15-23(22)33-25(28)31)21-12-14-29(26(16-21)17-32-18-26)24(30)27-13-6-5-9-19-7-3-2-4-8-19/h2-4,7-8,10-11,15,21H,5-6,9,12-14,16-18H2,1H3,(H,27,30). The van der Waals surface area contributed by atoms with Gasteiger partial charge in [0.05, 0.1) is 24.3 Å². The second-order valence-electron chi connectivity index (χ2n) is 9.39. The Morgan fingerprint density at radius 3 is 2.73 bits per heavy atom. The van der Waals surface area contributed by atoms with Crippen molar-refractivity contribution in [2.45, 2.75) is 43.6 Å². The molecule has 3 aromatic rings. The van der Waals surface area contributed by atoms with E-state index in [0.29, 0.717) is 37.8 Å². The van der Waals surface area contributed by atoms with Gasteiger partial charge in [-0.05, 0) is 61.3 Å². The molecule has 2 fully saturated rings. The van der Waals surface area contributed by atoms with Crippen molar-refractivity contribution in [1.29, 1.82) is 0 Å². The van der Waals surface area contributed by atoms with E-state index in [1.807, 2.05) is 23.1 Å². The van der Waals surface area contributed by atoms with E-state index in [9.17, 15) is 9.59 Å². The first-order valence-electron chi connectivity index (χ1n) is 11.8. The van der Waals surface area contributed by atoms with E-state index in [0.717, 1.165) is 43.2 Å². The topological polar surface area (TPSA) is 76.7 Å². The van der Waals surface area contributed by atoms with Crippen molar-refractivity contribution >= 4 is 17.1 Å². The molecule has 2 aromatic carbocycles. The molecule has 1 spiro atoms. The first kappa shape index (κ1) is 21.8. The van der Waals surface area contributed by atoms with Crippen molar-refractivity contribution in [3.8, 4) is 0 Å². The van der Waals surface area contributed by atoms with Gasteiger partial charge in [-0.15, -0.1) is 0 Å². The summed E-state index contributed by atoms with van der Waals surface area (Å²) in [5.41, 5.74) is 3.67. The van der Waals surface area contributed by atoms with Crippen LogP contribution in [0.5, 0.6) is 0 Å². The predicted molar refractivity (Wildman–Crippen MR) is 126 cm³/mol. The molecule has 0 bridgehead atoms. The SMILES string of the molecule is Cn1c(=O)oc2cc(C3CCN(C(=O)NCCCCc4ccccc4)C4(COC4)C3)ccc21. The number of carbonyl (C=O) groups is 1. The first-order valence-corrected chi connectivity index (χ1v) is 11.8. The third kappa shape index (κ3) is 4.29. The van der Waals surface area contributed by atoms with Crippen LogP contribution in [0.2, 0.25) is 0 Å². The molecule has 2 saturated heterocycles. The van der Waals surface area contributed by atoms with Gasteiger partial charge in [-0.2, -0.15) is 0 Å². The summed E-state index contributed by atoms with van der Waals surface area (Å²) in [7, 11) is 1.72. The molecule has 174 valence electrons. The molecule has 1 unspecified atom stereocenters. The van der Waals surface area contributed by atoms with Crippen molar-refractivity contribution < 1.29 is 13.9 Å². The zero-order chi connectivity index (χ0) is 22.8. The number of nitrogens with one attached hydrogen (secondary N) is 1. The minimum absolute atomic E-state index is 0.0148. The van der Waals surface area contributed by atoms with Gasteiger partial charge in [-0.3, -0.25) is 4.57 Å². The molecule has 0 radical (unpaired) electrons. The summed E-state index contributed by atoms with van der Waals surface area (Å²) in [4.78, 5) is 26.8. The van der Waals surface area contributed by atoms with Gasteiger partial charge in [-0.25, -0.2) is 9.59 Å². The number of aromatic nitrogens is 1. The lowest BCUT2D eigenvalue weighted by Gasteiger charge is -2.54. The summed E-state index contributed by atoms with van der Waals surface area (Å²) in [5, 5.41) is 3.13. The molecule has 0 aliphatic carbocycles. The molecular weight excluding hydrogens is 418 g/mol. The van der Waals surface area contributed by atoms with Gasteiger partial charge in [0.2, 0.25) is 0 Å². The summed E-state index contributed by atoms with van der Waals surface area (Å²) in [6.45, 7) is 2.54. The molecule has 1 N–H and O–H groups in total. The smallest absolute Gasteiger partial charge is 0.408 e. The molecule has 7 heteroatoms. The maximum Gasteiger partial charge on any atom is 0.419 e. The Kier molecular flexibility index (Phi) is 5.98. The van der Waals surface area contributed by atoms with Gasteiger partial charge in [0, 0.05) is 20.1 Å². The number of hydrogen-bond acceptors (Lipinski definition) is 4. The lowest BCUT2D eigenvalue weighted by molar-refractivity contribution is -0.141. The summed E-state index contributed by atoms with van der Waals surface area (Å²) < 4.78 is 12.5. The van der Waals surface area contributed by atoms with Crippen molar-refractivity contribution in [2.24, 2.45) is 7.05 Å². The van der Waals surface area contributed by atoms with E-state index in [1.165, 1.54) is 10.1 Å². The van der Waals surface area contributed by atoms with E-state index >= 15 is 0 Å². The third-order valence-corrected chi connectivity index (χ3v) is 7.19. The van der Waals surface area contributed by atoms with E-state index in [-0.39, 0.29) is 17.3 Å². The summed E-state index contributed by atoms with van der Waals surface area (Å²) in [6.07, 6.45) is 4.79. The van der Waals surface area contributed by atoms with Gasteiger partial charge in [0.15, 0.2) is 5.58 Å². The number of urea groups is 1. The largest absolute Gasteiger partial charge is 0.419 e. The zero-order valence-corrected chi connectivity index (χ0v) is 19.1. The molecule has 2 aliphatic heterocycles. The molecule has 7 nitrogen and oxygen atoms in total. The lowest BCUT2D eigenvalue weighted by Crippen LogP contribution is -2.68. The average molecular weight is 450 g/mol. The highest BCUT2D eigenvalue weighted by molar-refractivity contribution is 5.76. The highest BCUT2D eigenvalue weighted by Crippen LogP contribution is 2.42. The number of hydrogen-bond donors (Lipinski definition) is 1. The summed E-state index contributed by atoms with van der Waals surface area (Å²) in [6, 6.07) is 16.5. The number of benzene rings is 2. The number of fused-ring (bicyclic) bond motifs is 1. The Labute approximate surface area is 193 Å². The van der Waals surface area contributed by atoms with E-state index in [2.05, 4.69) is 35.6 Å². The molecule has 2 aliphatic rings. The molecule has 3 heterocycles. The average Bonchev–Trinajstić information content (AvgIpc) is 3.10. The van der Waals surface area contributed by atoms with Crippen LogP contribution in [0.1, 0.15) is 42.7 Å². The van der Waals surface area contributed by atoms with E-state index in [1.54, 1.807) is 7.05 Å². The Balaban J connectivity index is 1.18. The van der Waals surface area contributed by atoms with Crippen LogP contribution in [0.25, 0.3) is 11.1 Å². The summed E-state index contributed by atoms with van der Waals surface area (Å²) >= 11 is 0. The number of piperidine rings is 1. The highest BCUT2D eigenvalue weighted by atomic mass is 16.5. The number of nitrogens with zero attached hydrogens (tertiary/aromatic N) is 2. The number of likely N-dealkylation sites (tertiary alicyclic amines) is 1. The fraction of sp³-hybridized carbons (Fsp3) is 0.462. The van der Waals surface area contributed by atoms with Gasteiger partial charge >= 0.3 is 11.8 Å². The molecule has 5 rings (SSSR count). The fourth-order valence-electron chi connectivity index (χ4n) is 5.20. The normalized spacial score (nSPS) is 19.5. The van der Waals surface area contributed by atoms with Gasteiger partial charge in [0.25, 0.3) is 0 Å². The molecule has 0 saturated carbocycles. The molecule has 1 atom stereocenters. The first-order chi connectivity index (χ1) is 16.1. The predicted octanol–water partition coefficient (Wildman–Crippen LogP) is 3.81. The number of oxazole rings is 1.